The smallest absolute Gasteiger partial charge is 0.277 e. The van der Waals surface area contributed by atoms with E-state index in [9.17, 15) is 9.59 Å². The number of carbonyl (C=O) groups excluding carboxylic acids is 1. The SMILES string of the molecule is Cc1n[nH]c(=O)c(C(=O)NCCCOCCO)c1C. The Morgan fingerprint density at radius 2 is 2.16 bits per heavy atom. The van der Waals surface area contributed by atoms with Gasteiger partial charge in [-0.25, -0.2) is 5.10 Å². The van der Waals surface area contributed by atoms with E-state index < -0.39 is 11.5 Å². The molecule has 106 valence electrons. The highest BCUT2D eigenvalue weighted by atomic mass is 16.5. The van der Waals surface area contributed by atoms with Crippen molar-refractivity contribution in [3.63, 3.8) is 0 Å². The van der Waals surface area contributed by atoms with E-state index in [2.05, 4.69) is 15.5 Å². The zero-order chi connectivity index (χ0) is 14.3. The van der Waals surface area contributed by atoms with Crippen LogP contribution < -0.4 is 10.9 Å². The van der Waals surface area contributed by atoms with Gasteiger partial charge < -0.3 is 15.2 Å². The van der Waals surface area contributed by atoms with Crippen molar-refractivity contribution in [1.29, 1.82) is 0 Å². The molecule has 1 heterocycles. The lowest BCUT2D eigenvalue weighted by atomic mass is 10.1. The number of aryl methyl sites for hydroxylation is 1. The zero-order valence-electron chi connectivity index (χ0n) is 11.2. The molecule has 0 saturated carbocycles. The minimum atomic E-state index is -0.489. The molecule has 0 spiro atoms. The summed E-state index contributed by atoms with van der Waals surface area (Å²) < 4.78 is 5.06. The van der Waals surface area contributed by atoms with Gasteiger partial charge in [-0.2, -0.15) is 5.10 Å². The van der Waals surface area contributed by atoms with Crippen molar-refractivity contribution in [2.45, 2.75) is 20.3 Å². The van der Waals surface area contributed by atoms with Crippen LogP contribution in [0.1, 0.15) is 28.0 Å². The molecule has 0 aliphatic carbocycles. The Balaban J connectivity index is 2.51. The van der Waals surface area contributed by atoms with Crippen LogP contribution in [0.15, 0.2) is 4.79 Å². The lowest BCUT2D eigenvalue weighted by molar-refractivity contribution is 0.0866. The van der Waals surface area contributed by atoms with Crippen molar-refractivity contribution in [3.05, 3.63) is 27.2 Å². The molecule has 1 rings (SSSR count). The van der Waals surface area contributed by atoms with Crippen LogP contribution in [0.5, 0.6) is 0 Å². The minimum Gasteiger partial charge on any atom is -0.394 e. The number of hydrogen-bond donors (Lipinski definition) is 3. The molecule has 0 aliphatic rings. The maximum atomic E-state index is 11.9. The number of hydrogen-bond acceptors (Lipinski definition) is 5. The fourth-order valence-electron chi connectivity index (χ4n) is 1.53. The molecule has 0 unspecified atom stereocenters. The summed E-state index contributed by atoms with van der Waals surface area (Å²) in [6.45, 7) is 4.55. The molecule has 0 bridgehead atoms. The van der Waals surface area contributed by atoms with E-state index in [1.165, 1.54) is 0 Å². The third kappa shape index (κ3) is 4.46. The van der Waals surface area contributed by atoms with Crippen molar-refractivity contribution in [1.82, 2.24) is 15.5 Å². The summed E-state index contributed by atoms with van der Waals surface area (Å²) in [4.78, 5) is 23.5. The molecule has 3 N–H and O–H groups in total. The van der Waals surface area contributed by atoms with Crippen LogP contribution in [-0.2, 0) is 4.74 Å². The van der Waals surface area contributed by atoms with Crippen LogP contribution in [0, 0.1) is 13.8 Å². The van der Waals surface area contributed by atoms with E-state index in [1.54, 1.807) is 13.8 Å². The average Bonchev–Trinajstić information content (AvgIpc) is 2.38. The number of aliphatic hydroxyl groups excluding tert-OH is 1. The van der Waals surface area contributed by atoms with Gasteiger partial charge in [0.25, 0.3) is 11.5 Å². The highest BCUT2D eigenvalue weighted by Crippen LogP contribution is 2.04. The van der Waals surface area contributed by atoms with Gasteiger partial charge in [0, 0.05) is 13.2 Å². The summed E-state index contributed by atoms with van der Waals surface area (Å²) in [5.41, 5.74) is 0.815. The molecular weight excluding hydrogens is 250 g/mol. The highest BCUT2D eigenvalue weighted by Gasteiger charge is 2.15. The van der Waals surface area contributed by atoms with Gasteiger partial charge >= 0.3 is 0 Å². The van der Waals surface area contributed by atoms with Crippen LogP contribution in [0.2, 0.25) is 0 Å². The first-order chi connectivity index (χ1) is 9.07. The van der Waals surface area contributed by atoms with E-state index in [1.807, 2.05) is 0 Å². The monoisotopic (exact) mass is 269 g/mol. The second kappa shape index (κ2) is 7.65. The zero-order valence-corrected chi connectivity index (χ0v) is 11.2. The summed E-state index contributed by atoms with van der Waals surface area (Å²) in [6.07, 6.45) is 0.618. The van der Waals surface area contributed by atoms with Gasteiger partial charge in [-0.1, -0.05) is 0 Å². The standard InChI is InChI=1S/C12H19N3O4/c1-8-9(2)14-15-12(18)10(8)11(17)13-4-3-6-19-7-5-16/h16H,3-7H2,1-2H3,(H,13,17)(H,15,18). The van der Waals surface area contributed by atoms with Gasteiger partial charge in [0.15, 0.2) is 0 Å². The Morgan fingerprint density at radius 1 is 1.42 bits per heavy atom. The molecule has 1 aromatic rings. The van der Waals surface area contributed by atoms with E-state index >= 15 is 0 Å². The van der Waals surface area contributed by atoms with Gasteiger partial charge in [0.1, 0.15) is 5.56 Å². The maximum absolute atomic E-state index is 11.9. The molecule has 0 atom stereocenters. The molecule has 0 aromatic carbocycles. The first-order valence-corrected chi connectivity index (χ1v) is 6.10. The second-order valence-electron chi connectivity index (χ2n) is 4.08. The molecular formula is C12H19N3O4. The summed E-state index contributed by atoms with van der Waals surface area (Å²) in [7, 11) is 0. The quantitative estimate of drug-likeness (QED) is 0.580. The molecule has 7 nitrogen and oxygen atoms in total. The van der Waals surface area contributed by atoms with E-state index in [-0.39, 0.29) is 18.8 Å². The van der Waals surface area contributed by atoms with Crippen LogP contribution >= 0.6 is 0 Å². The lowest BCUT2D eigenvalue weighted by Gasteiger charge is -2.08. The molecule has 0 fully saturated rings. The van der Waals surface area contributed by atoms with Crippen molar-refractivity contribution in [2.75, 3.05) is 26.4 Å². The highest BCUT2D eigenvalue weighted by molar-refractivity contribution is 5.95. The maximum Gasteiger partial charge on any atom is 0.277 e. The topological polar surface area (TPSA) is 104 Å². The van der Waals surface area contributed by atoms with Crippen molar-refractivity contribution < 1.29 is 14.6 Å². The summed E-state index contributed by atoms with van der Waals surface area (Å²) in [5.74, 6) is -0.411. The first-order valence-electron chi connectivity index (χ1n) is 6.10. The Hall–Kier alpha value is -1.73. The molecule has 7 heteroatoms. The normalized spacial score (nSPS) is 10.5. The van der Waals surface area contributed by atoms with E-state index in [0.717, 1.165) is 0 Å². The number of carbonyl (C=O) groups is 1. The number of aromatic amines is 1. The lowest BCUT2D eigenvalue weighted by Crippen LogP contribution is -2.32. The van der Waals surface area contributed by atoms with Crippen LogP contribution in [-0.4, -0.2) is 47.6 Å². The Morgan fingerprint density at radius 3 is 2.84 bits per heavy atom. The van der Waals surface area contributed by atoms with E-state index in [0.29, 0.717) is 30.8 Å². The van der Waals surface area contributed by atoms with Crippen molar-refractivity contribution >= 4 is 5.91 Å². The third-order valence-electron chi connectivity index (χ3n) is 2.68. The molecule has 0 aliphatic heterocycles. The van der Waals surface area contributed by atoms with Crippen LogP contribution in [0.4, 0.5) is 0 Å². The first kappa shape index (κ1) is 15.3. The number of nitrogens with zero attached hydrogens (tertiary/aromatic N) is 1. The fraction of sp³-hybridized carbons (Fsp3) is 0.583. The predicted octanol–water partition coefficient (Wildman–Crippen LogP) is -0.484. The number of aromatic nitrogens is 2. The van der Waals surface area contributed by atoms with E-state index in [4.69, 9.17) is 9.84 Å². The Kier molecular flexibility index (Phi) is 6.17. The number of amides is 1. The number of aliphatic hydroxyl groups is 1. The largest absolute Gasteiger partial charge is 0.394 e. The Bertz CT molecular complexity index is 484. The fourth-order valence-corrected chi connectivity index (χ4v) is 1.53. The second-order valence-corrected chi connectivity index (χ2v) is 4.08. The van der Waals surface area contributed by atoms with Crippen LogP contribution in [0.3, 0.4) is 0 Å². The number of nitrogens with one attached hydrogen (secondary N) is 2. The molecule has 0 saturated heterocycles. The minimum absolute atomic E-state index is 0.0166. The molecule has 1 aromatic heterocycles. The molecule has 1 amide bonds. The van der Waals surface area contributed by atoms with Gasteiger partial charge in [0.2, 0.25) is 0 Å². The summed E-state index contributed by atoms with van der Waals surface area (Å²) in [5, 5.41) is 17.2. The van der Waals surface area contributed by atoms with Gasteiger partial charge in [-0.3, -0.25) is 9.59 Å². The number of rotatable bonds is 7. The number of ether oxygens (including phenoxy) is 1. The van der Waals surface area contributed by atoms with Crippen LogP contribution in [0.25, 0.3) is 0 Å². The third-order valence-corrected chi connectivity index (χ3v) is 2.68. The number of H-pyrrole nitrogens is 1. The van der Waals surface area contributed by atoms with Gasteiger partial charge in [-0.05, 0) is 25.8 Å². The van der Waals surface area contributed by atoms with Gasteiger partial charge in [-0.15, -0.1) is 0 Å². The Labute approximate surface area is 111 Å². The predicted molar refractivity (Wildman–Crippen MR) is 69.2 cm³/mol. The molecule has 0 radical (unpaired) electrons. The molecule has 19 heavy (non-hydrogen) atoms. The summed E-state index contributed by atoms with van der Waals surface area (Å²) in [6, 6.07) is 0. The summed E-state index contributed by atoms with van der Waals surface area (Å²) >= 11 is 0. The van der Waals surface area contributed by atoms with Crippen molar-refractivity contribution in [3.8, 4) is 0 Å². The van der Waals surface area contributed by atoms with Crippen molar-refractivity contribution in [2.24, 2.45) is 0 Å². The van der Waals surface area contributed by atoms with Gasteiger partial charge in [0.05, 0.1) is 18.9 Å². The average molecular weight is 269 g/mol.